The second-order valence-electron chi connectivity index (χ2n) is 4.43. The summed E-state index contributed by atoms with van der Waals surface area (Å²) >= 11 is 0. The molecular formula is C13H18O2. The molecular weight excluding hydrogens is 188 g/mol. The molecule has 0 amide bonds. The quantitative estimate of drug-likeness (QED) is 0.752. The molecule has 2 heteroatoms. The molecule has 1 saturated carbocycles. The topological polar surface area (TPSA) is 18.5 Å². The van der Waals surface area contributed by atoms with Crippen molar-refractivity contribution >= 4 is 0 Å². The van der Waals surface area contributed by atoms with Gasteiger partial charge >= 0.3 is 0 Å². The predicted molar refractivity (Wildman–Crippen MR) is 60.6 cm³/mol. The van der Waals surface area contributed by atoms with Gasteiger partial charge in [0, 0.05) is 0 Å². The molecule has 2 rings (SSSR count). The van der Waals surface area contributed by atoms with Crippen molar-refractivity contribution in [2.24, 2.45) is 0 Å². The average Bonchev–Trinajstić information content (AvgIpc) is 2.93. The highest BCUT2D eigenvalue weighted by Gasteiger charge is 2.25. The van der Waals surface area contributed by atoms with E-state index >= 15 is 0 Å². The van der Waals surface area contributed by atoms with Crippen LogP contribution in [0.5, 0.6) is 11.5 Å². The number of hydrogen-bond acceptors (Lipinski definition) is 2. The SMILES string of the molecule is Cc1ccc(OC(C)C)c(OC2CC2)c1. The van der Waals surface area contributed by atoms with Gasteiger partial charge in [0.05, 0.1) is 12.2 Å². The van der Waals surface area contributed by atoms with Crippen LogP contribution in [0.1, 0.15) is 32.3 Å². The van der Waals surface area contributed by atoms with E-state index in [0.29, 0.717) is 6.10 Å². The van der Waals surface area contributed by atoms with Crippen LogP contribution in [0.3, 0.4) is 0 Å². The van der Waals surface area contributed by atoms with E-state index in [2.05, 4.69) is 19.1 Å². The van der Waals surface area contributed by atoms with Crippen LogP contribution in [0, 0.1) is 6.92 Å². The molecule has 0 saturated heterocycles. The lowest BCUT2D eigenvalue weighted by Crippen LogP contribution is -2.08. The third-order valence-corrected chi connectivity index (χ3v) is 2.28. The standard InChI is InChI=1S/C13H18O2/c1-9(2)14-12-7-4-10(3)8-13(12)15-11-5-6-11/h4,7-9,11H,5-6H2,1-3H3. The fraction of sp³-hybridized carbons (Fsp3) is 0.538. The van der Waals surface area contributed by atoms with Gasteiger partial charge in [0.25, 0.3) is 0 Å². The molecule has 0 heterocycles. The third kappa shape index (κ3) is 2.88. The maximum Gasteiger partial charge on any atom is 0.161 e. The Kier molecular flexibility index (Phi) is 2.85. The van der Waals surface area contributed by atoms with E-state index in [1.54, 1.807) is 0 Å². The second kappa shape index (κ2) is 4.13. The minimum absolute atomic E-state index is 0.189. The highest BCUT2D eigenvalue weighted by molar-refractivity contribution is 5.43. The predicted octanol–water partition coefficient (Wildman–Crippen LogP) is 3.32. The van der Waals surface area contributed by atoms with Gasteiger partial charge in [-0.05, 0) is 51.3 Å². The van der Waals surface area contributed by atoms with E-state index in [4.69, 9.17) is 9.47 Å². The minimum Gasteiger partial charge on any atom is -0.487 e. The molecule has 82 valence electrons. The molecule has 1 aliphatic carbocycles. The van der Waals surface area contributed by atoms with E-state index in [1.807, 2.05) is 19.9 Å². The van der Waals surface area contributed by atoms with Gasteiger partial charge in [-0.3, -0.25) is 0 Å². The largest absolute Gasteiger partial charge is 0.487 e. The van der Waals surface area contributed by atoms with Crippen molar-refractivity contribution in [1.82, 2.24) is 0 Å². The highest BCUT2D eigenvalue weighted by Crippen LogP contribution is 2.34. The molecule has 2 nitrogen and oxygen atoms in total. The molecule has 15 heavy (non-hydrogen) atoms. The van der Waals surface area contributed by atoms with E-state index in [-0.39, 0.29) is 6.10 Å². The van der Waals surface area contributed by atoms with Gasteiger partial charge in [-0.1, -0.05) is 6.07 Å². The number of rotatable bonds is 4. The van der Waals surface area contributed by atoms with Crippen molar-refractivity contribution < 1.29 is 9.47 Å². The molecule has 0 radical (unpaired) electrons. The Morgan fingerprint density at radius 3 is 2.53 bits per heavy atom. The summed E-state index contributed by atoms with van der Waals surface area (Å²) in [5.41, 5.74) is 1.21. The van der Waals surface area contributed by atoms with Crippen molar-refractivity contribution in [3.05, 3.63) is 23.8 Å². The van der Waals surface area contributed by atoms with Gasteiger partial charge in [-0.15, -0.1) is 0 Å². The zero-order chi connectivity index (χ0) is 10.8. The normalized spacial score (nSPS) is 15.5. The Morgan fingerprint density at radius 2 is 1.93 bits per heavy atom. The summed E-state index contributed by atoms with van der Waals surface area (Å²) in [6.07, 6.45) is 2.96. The molecule has 0 aliphatic heterocycles. The van der Waals surface area contributed by atoms with Gasteiger partial charge in [0.15, 0.2) is 11.5 Å². The highest BCUT2D eigenvalue weighted by atomic mass is 16.5. The summed E-state index contributed by atoms with van der Waals surface area (Å²) in [5.74, 6) is 1.76. The zero-order valence-corrected chi connectivity index (χ0v) is 9.62. The van der Waals surface area contributed by atoms with Crippen LogP contribution in [0.15, 0.2) is 18.2 Å². The lowest BCUT2D eigenvalue weighted by molar-refractivity contribution is 0.217. The van der Waals surface area contributed by atoms with Gasteiger partial charge < -0.3 is 9.47 Å². The van der Waals surface area contributed by atoms with Crippen molar-refractivity contribution in [2.45, 2.75) is 45.8 Å². The maximum atomic E-state index is 5.81. The van der Waals surface area contributed by atoms with Crippen molar-refractivity contribution in [3.63, 3.8) is 0 Å². The van der Waals surface area contributed by atoms with Crippen molar-refractivity contribution in [3.8, 4) is 11.5 Å². The lowest BCUT2D eigenvalue weighted by atomic mass is 10.2. The second-order valence-corrected chi connectivity index (χ2v) is 4.43. The van der Waals surface area contributed by atoms with Gasteiger partial charge in [-0.25, -0.2) is 0 Å². The number of hydrogen-bond donors (Lipinski definition) is 0. The van der Waals surface area contributed by atoms with Crippen molar-refractivity contribution in [2.75, 3.05) is 0 Å². The molecule has 0 unspecified atom stereocenters. The van der Waals surface area contributed by atoms with E-state index in [1.165, 1.54) is 18.4 Å². The Hall–Kier alpha value is -1.18. The van der Waals surface area contributed by atoms with Gasteiger partial charge in [-0.2, -0.15) is 0 Å². The minimum atomic E-state index is 0.189. The first-order valence-electron chi connectivity index (χ1n) is 5.59. The van der Waals surface area contributed by atoms with Crippen LogP contribution in [0.4, 0.5) is 0 Å². The first-order valence-corrected chi connectivity index (χ1v) is 5.59. The molecule has 0 bridgehead atoms. The summed E-state index contributed by atoms with van der Waals surface area (Å²) < 4.78 is 11.5. The molecule has 0 spiro atoms. The Bertz CT molecular complexity index is 340. The molecule has 1 fully saturated rings. The fourth-order valence-electron chi connectivity index (χ4n) is 1.42. The number of ether oxygens (including phenoxy) is 2. The van der Waals surface area contributed by atoms with E-state index < -0.39 is 0 Å². The Labute approximate surface area is 91.2 Å². The van der Waals surface area contributed by atoms with Crippen molar-refractivity contribution in [1.29, 1.82) is 0 Å². The molecule has 0 N–H and O–H groups in total. The number of benzene rings is 1. The van der Waals surface area contributed by atoms with Crippen LogP contribution >= 0.6 is 0 Å². The summed E-state index contributed by atoms with van der Waals surface area (Å²) in [6, 6.07) is 6.10. The van der Waals surface area contributed by atoms with E-state index in [0.717, 1.165) is 11.5 Å². The molecule has 1 aromatic rings. The molecule has 1 aromatic carbocycles. The summed E-state index contributed by atoms with van der Waals surface area (Å²) in [6.45, 7) is 6.13. The summed E-state index contributed by atoms with van der Waals surface area (Å²) in [5, 5.41) is 0. The van der Waals surface area contributed by atoms with Crippen LogP contribution in [0.2, 0.25) is 0 Å². The maximum absolute atomic E-state index is 5.81. The first-order chi connectivity index (χ1) is 7.15. The Morgan fingerprint density at radius 1 is 1.20 bits per heavy atom. The van der Waals surface area contributed by atoms with Crippen LogP contribution in [0.25, 0.3) is 0 Å². The van der Waals surface area contributed by atoms with Crippen LogP contribution in [-0.2, 0) is 0 Å². The number of aryl methyl sites for hydroxylation is 1. The Balaban J connectivity index is 2.17. The monoisotopic (exact) mass is 206 g/mol. The fourth-order valence-corrected chi connectivity index (χ4v) is 1.42. The third-order valence-electron chi connectivity index (χ3n) is 2.28. The molecule has 1 aliphatic rings. The first kappa shape index (κ1) is 10.3. The van der Waals surface area contributed by atoms with Gasteiger partial charge in [0.1, 0.15) is 0 Å². The lowest BCUT2D eigenvalue weighted by Gasteiger charge is -2.15. The summed E-state index contributed by atoms with van der Waals surface area (Å²) in [7, 11) is 0. The zero-order valence-electron chi connectivity index (χ0n) is 9.62. The molecule has 0 aromatic heterocycles. The molecule has 0 atom stereocenters. The van der Waals surface area contributed by atoms with Crippen LogP contribution in [-0.4, -0.2) is 12.2 Å². The van der Waals surface area contributed by atoms with E-state index in [9.17, 15) is 0 Å². The van der Waals surface area contributed by atoms with Crippen LogP contribution < -0.4 is 9.47 Å². The average molecular weight is 206 g/mol. The summed E-state index contributed by atoms with van der Waals surface area (Å²) in [4.78, 5) is 0. The smallest absolute Gasteiger partial charge is 0.161 e. The van der Waals surface area contributed by atoms with Gasteiger partial charge in [0.2, 0.25) is 0 Å².